The number of rotatable bonds is 2. The second-order valence-corrected chi connectivity index (χ2v) is 17.2. The minimum Gasteiger partial charge on any atom is -0.357 e. The zero-order valence-electron chi connectivity index (χ0n) is 33.5. The van der Waals surface area contributed by atoms with Crippen LogP contribution in [0.15, 0.2) is 194 Å². The maximum Gasteiger partial charge on any atom is 0.0760 e. The van der Waals surface area contributed by atoms with Crippen molar-refractivity contribution >= 4 is 71.8 Å². The molecule has 1 spiro atoms. The van der Waals surface area contributed by atoms with Crippen molar-refractivity contribution in [3.8, 4) is 27.9 Å². The maximum atomic E-state index is 4.21. The largest absolute Gasteiger partial charge is 0.357 e. The molecule has 3 unspecified atom stereocenters. The second kappa shape index (κ2) is 12.1. The van der Waals surface area contributed by atoms with Gasteiger partial charge in [0.05, 0.1) is 27.5 Å². The van der Waals surface area contributed by atoms with E-state index >= 15 is 0 Å². The van der Waals surface area contributed by atoms with E-state index in [0.717, 1.165) is 5.69 Å². The standard InChI is InChI=1S/C57H41N3/c1-36-31-41-15-5-6-16-44(41)55-57(36)30-12-11-29-56(57,2)60-53-20-10-8-17-45(53)47-26-22-42(35-54(47)60)48-33-39(23-27-50(48)58-55)40-24-28-52-49(34-40)46-18-7-9-19-51(46)59(52)43-25-21-37-13-3-4-14-38(37)32-43/h3-36,58H,1-2H3. The van der Waals surface area contributed by atoms with Crippen molar-refractivity contribution in [3.63, 3.8) is 0 Å². The lowest BCUT2D eigenvalue weighted by Gasteiger charge is -2.54. The summed E-state index contributed by atoms with van der Waals surface area (Å²) >= 11 is 0. The van der Waals surface area contributed by atoms with Gasteiger partial charge in [0.15, 0.2) is 0 Å². The number of nitrogens with one attached hydrogen (secondary N) is 1. The van der Waals surface area contributed by atoms with Gasteiger partial charge < -0.3 is 14.5 Å². The third kappa shape index (κ3) is 4.39. The smallest absolute Gasteiger partial charge is 0.0760 e. The summed E-state index contributed by atoms with van der Waals surface area (Å²) in [5.41, 5.74) is 12.4. The van der Waals surface area contributed by atoms with Crippen molar-refractivity contribution < 1.29 is 0 Å². The summed E-state index contributed by atoms with van der Waals surface area (Å²) in [6.45, 7) is 4.85. The highest BCUT2D eigenvalue weighted by Crippen LogP contribution is 2.58. The Morgan fingerprint density at radius 2 is 1.20 bits per heavy atom. The molecule has 3 nitrogen and oxygen atoms in total. The lowest BCUT2D eigenvalue weighted by molar-refractivity contribution is 0.196. The average Bonchev–Trinajstić information content (AvgIpc) is 3.81. The van der Waals surface area contributed by atoms with Crippen LogP contribution in [0.25, 0.3) is 94.1 Å². The molecule has 284 valence electrons. The molecule has 0 saturated heterocycles. The van der Waals surface area contributed by atoms with Gasteiger partial charge in [0.1, 0.15) is 0 Å². The Morgan fingerprint density at radius 3 is 2.10 bits per heavy atom. The SMILES string of the molecule is CC1C=c2ccccc2=C2Nc3ccc(-c4ccc5c(c4)c4ccccc4n5-c4ccc5ccccc5c4)cc3-c3ccc4c5ccccc5n(c4c3)C3(C)C=CC=CC213. The molecule has 13 rings (SSSR count). The van der Waals surface area contributed by atoms with E-state index in [1.807, 2.05) is 0 Å². The van der Waals surface area contributed by atoms with Gasteiger partial charge in [-0.25, -0.2) is 0 Å². The molecule has 3 atom stereocenters. The van der Waals surface area contributed by atoms with Crippen molar-refractivity contribution in [1.82, 2.24) is 9.13 Å². The number of nitrogens with zero attached hydrogens (tertiary/aromatic N) is 2. The topological polar surface area (TPSA) is 21.9 Å². The summed E-state index contributed by atoms with van der Waals surface area (Å²) in [7, 11) is 0. The van der Waals surface area contributed by atoms with Crippen LogP contribution in [0.1, 0.15) is 13.8 Å². The van der Waals surface area contributed by atoms with Gasteiger partial charge in [-0.1, -0.05) is 153 Å². The van der Waals surface area contributed by atoms with E-state index in [1.54, 1.807) is 0 Å². The second-order valence-electron chi connectivity index (χ2n) is 17.2. The van der Waals surface area contributed by atoms with E-state index in [2.05, 4.69) is 229 Å². The summed E-state index contributed by atoms with van der Waals surface area (Å²) in [6, 6.07) is 63.3. The fourth-order valence-corrected chi connectivity index (χ4v) is 11.4. The molecule has 2 bridgehead atoms. The Bertz CT molecular complexity index is 3690. The van der Waals surface area contributed by atoms with Crippen LogP contribution >= 0.6 is 0 Å². The number of anilines is 1. The van der Waals surface area contributed by atoms with E-state index in [4.69, 9.17) is 0 Å². The third-order valence-corrected chi connectivity index (χ3v) is 14.2. The minimum absolute atomic E-state index is 0.186. The number of aromatic nitrogens is 2. The summed E-state index contributed by atoms with van der Waals surface area (Å²) < 4.78 is 5.07. The van der Waals surface area contributed by atoms with Crippen LogP contribution in [0.3, 0.4) is 0 Å². The molecule has 60 heavy (non-hydrogen) atoms. The highest BCUT2D eigenvalue weighted by Gasteiger charge is 2.55. The molecular weight excluding hydrogens is 727 g/mol. The maximum absolute atomic E-state index is 4.21. The number of fused-ring (bicyclic) bond motifs is 12. The Morgan fingerprint density at radius 1 is 0.517 bits per heavy atom. The predicted octanol–water partition coefficient (Wildman–Crippen LogP) is 12.9. The van der Waals surface area contributed by atoms with Gasteiger partial charge in [-0.05, 0) is 100 Å². The lowest BCUT2D eigenvalue weighted by Crippen LogP contribution is -2.56. The number of benzene rings is 8. The molecule has 3 aliphatic rings. The predicted molar refractivity (Wildman–Crippen MR) is 253 cm³/mol. The van der Waals surface area contributed by atoms with Gasteiger partial charge in [0.25, 0.3) is 0 Å². The van der Waals surface area contributed by atoms with Gasteiger partial charge >= 0.3 is 0 Å². The first-order chi connectivity index (χ1) is 29.5. The molecule has 0 fully saturated rings. The quantitative estimate of drug-likeness (QED) is 0.186. The Hall–Kier alpha value is -7.36. The molecule has 2 aromatic heterocycles. The monoisotopic (exact) mass is 767 g/mol. The van der Waals surface area contributed by atoms with E-state index in [1.165, 1.54) is 98.5 Å². The zero-order chi connectivity index (χ0) is 39.7. The molecule has 10 aromatic rings. The highest BCUT2D eigenvalue weighted by atomic mass is 15.1. The number of para-hydroxylation sites is 2. The first kappa shape index (κ1) is 33.6. The van der Waals surface area contributed by atoms with E-state index in [0.29, 0.717) is 0 Å². The molecule has 3 heteroatoms. The van der Waals surface area contributed by atoms with Crippen molar-refractivity contribution in [2.45, 2.75) is 19.4 Å². The fourth-order valence-electron chi connectivity index (χ4n) is 11.4. The number of hydrogen-bond donors (Lipinski definition) is 1. The van der Waals surface area contributed by atoms with Crippen LogP contribution in [0.2, 0.25) is 0 Å². The summed E-state index contributed by atoms with van der Waals surface area (Å²) in [5, 5.41) is 14.3. The first-order valence-corrected chi connectivity index (χ1v) is 21.2. The van der Waals surface area contributed by atoms with Gasteiger partial charge in [-0.3, -0.25) is 0 Å². The molecule has 0 amide bonds. The molecule has 8 aromatic carbocycles. The normalized spacial score (nSPS) is 20.2. The van der Waals surface area contributed by atoms with Gasteiger partial charge in [-0.2, -0.15) is 0 Å². The average molecular weight is 768 g/mol. The van der Waals surface area contributed by atoms with Crippen LogP contribution in [0.5, 0.6) is 0 Å². The van der Waals surface area contributed by atoms with Crippen LogP contribution in [-0.2, 0) is 5.54 Å². The van der Waals surface area contributed by atoms with Crippen LogP contribution in [0, 0.1) is 11.3 Å². The molecule has 3 heterocycles. The van der Waals surface area contributed by atoms with Crippen LogP contribution < -0.4 is 15.8 Å². The molecule has 0 radical (unpaired) electrons. The van der Waals surface area contributed by atoms with Crippen molar-refractivity contribution in [1.29, 1.82) is 0 Å². The summed E-state index contributed by atoms with van der Waals surface area (Å²) in [6.07, 6.45) is 11.9. The number of allylic oxidation sites excluding steroid dienone is 3. The van der Waals surface area contributed by atoms with Crippen LogP contribution in [-0.4, -0.2) is 9.13 Å². The summed E-state index contributed by atoms with van der Waals surface area (Å²) in [4.78, 5) is 0. The third-order valence-electron chi connectivity index (χ3n) is 14.2. The van der Waals surface area contributed by atoms with Crippen molar-refractivity contribution in [2.75, 3.05) is 5.32 Å². The van der Waals surface area contributed by atoms with Gasteiger partial charge in [0.2, 0.25) is 0 Å². The van der Waals surface area contributed by atoms with Crippen LogP contribution in [0.4, 0.5) is 5.69 Å². The van der Waals surface area contributed by atoms with Crippen molar-refractivity contribution in [2.24, 2.45) is 11.3 Å². The Balaban J connectivity index is 1.07. The molecular formula is C57H41N3. The molecule has 2 aliphatic carbocycles. The minimum atomic E-state index is -0.438. The van der Waals surface area contributed by atoms with Crippen molar-refractivity contribution in [3.05, 3.63) is 205 Å². The zero-order valence-corrected chi connectivity index (χ0v) is 33.5. The Kier molecular flexibility index (Phi) is 6.77. The highest BCUT2D eigenvalue weighted by molar-refractivity contribution is 6.12. The van der Waals surface area contributed by atoms with Gasteiger partial charge in [-0.15, -0.1) is 0 Å². The Labute approximate surface area is 348 Å². The summed E-state index contributed by atoms with van der Waals surface area (Å²) in [5.74, 6) is 0.186. The molecule has 1 aliphatic heterocycles. The van der Waals surface area contributed by atoms with Gasteiger partial charge in [0, 0.05) is 54.9 Å². The first-order valence-electron chi connectivity index (χ1n) is 21.2. The van der Waals surface area contributed by atoms with E-state index in [-0.39, 0.29) is 5.92 Å². The number of hydrogen-bond acceptors (Lipinski definition) is 1. The van der Waals surface area contributed by atoms with E-state index in [9.17, 15) is 0 Å². The fraction of sp³-hybridized carbons (Fsp3) is 0.0877. The lowest BCUT2D eigenvalue weighted by atomic mass is 9.57. The van der Waals surface area contributed by atoms with E-state index < -0.39 is 11.0 Å². The molecule has 0 saturated carbocycles. The molecule has 1 N–H and O–H groups in total.